The second kappa shape index (κ2) is 7.05. The summed E-state index contributed by atoms with van der Waals surface area (Å²) in [5.74, 6) is 0.00417. The van der Waals surface area contributed by atoms with Crippen LogP contribution in [0.1, 0.15) is 18.4 Å². The van der Waals surface area contributed by atoms with Crippen LogP contribution in [0.15, 0.2) is 30.3 Å². The Morgan fingerprint density at radius 1 is 1.40 bits per heavy atom. The highest BCUT2D eigenvalue weighted by Gasteiger charge is 2.23. The van der Waals surface area contributed by atoms with Crippen LogP contribution in [-0.4, -0.2) is 43.0 Å². The third kappa shape index (κ3) is 4.35. The number of hydrogen-bond acceptors (Lipinski definition) is 3. The van der Waals surface area contributed by atoms with Gasteiger partial charge in [0.1, 0.15) is 6.61 Å². The number of likely N-dealkylation sites (N-methyl/N-ethyl adjacent to an activating group) is 1. The van der Waals surface area contributed by atoms with Crippen molar-refractivity contribution in [3.8, 4) is 0 Å². The summed E-state index contributed by atoms with van der Waals surface area (Å²) in [6.07, 6.45) is 1.19. The van der Waals surface area contributed by atoms with Gasteiger partial charge < -0.3 is 15.0 Å². The average Bonchev–Trinajstić information content (AvgIpc) is 2.44. The molecule has 1 saturated heterocycles. The van der Waals surface area contributed by atoms with Crippen molar-refractivity contribution in [2.75, 3.05) is 20.2 Å². The van der Waals surface area contributed by atoms with E-state index in [0.717, 1.165) is 5.56 Å². The summed E-state index contributed by atoms with van der Waals surface area (Å²) in [7, 11) is 1.76. The molecule has 0 bridgehead atoms. The summed E-state index contributed by atoms with van der Waals surface area (Å²) in [6.45, 7) is 1.05. The number of hydrogen-bond donors (Lipinski definition) is 1. The van der Waals surface area contributed by atoms with Gasteiger partial charge in [-0.25, -0.2) is 0 Å². The highest BCUT2D eigenvalue weighted by atomic mass is 16.5. The fraction of sp³-hybridized carbons (Fsp3) is 0.467. The number of ether oxygens (including phenoxy) is 1. The van der Waals surface area contributed by atoms with Crippen LogP contribution in [0.3, 0.4) is 0 Å². The maximum Gasteiger partial charge on any atom is 0.246 e. The molecular formula is C15H20N2O3. The van der Waals surface area contributed by atoms with Gasteiger partial charge in [0.2, 0.25) is 11.8 Å². The minimum absolute atomic E-state index is 0.0329. The molecule has 1 unspecified atom stereocenters. The van der Waals surface area contributed by atoms with Crippen LogP contribution in [0.25, 0.3) is 0 Å². The summed E-state index contributed by atoms with van der Waals surface area (Å²) < 4.78 is 5.38. The first kappa shape index (κ1) is 14.5. The number of likely N-dealkylation sites (tertiary alicyclic amines) is 1. The molecule has 2 amide bonds. The molecule has 0 aliphatic carbocycles. The number of nitrogens with zero attached hydrogens (tertiary/aromatic N) is 1. The zero-order chi connectivity index (χ0) is 14.4. The van der Waals surface area contributed by atoms with E-state index in [2.05, 4.69) is 5.32 Å². The Labute approximate surface area is 118 Å². The molecule has 2 rings (SSSR count). The van der Waals surface area contributed by atoms with Gasteiger partial charge in [-0.3, -0.25) is 9.59 Å². The van der Waals surface area contributed by atoms with Gasteiger partial charge in [-0.1, -0.05) is 30.3 Å². The summed E-state index contributed by atoms with van der Waals surface area (Å²) in [6, 6.07) is 9.77. The zero-order valence-corrected chi connectivity index (χ0v) is 11.7. The molecule has 1 N–H and O–H groups in total. The number of rotatable bonds is 5. The molecule has 1 aliphatic rings. The monoisotopic (exact) mass is 276 g/mol. The first-order chi connectivity index (χ1) is 9.65. The minimum Gasteiger partial charge on any atom is -0.367 e. The van der Waals surface area contributed by atoms with E-state index in [1.54, 1.807) is 11.9 Å². The maximum atomic E-state index is 11.8. The van der Waals surface area contributed by atoms with Gasteiger partial charge in [-0.15, -0.1) is 0 Å². The fourth-order valence-electron chi connectivity index (χ4n) is 2.24. The van der Waals surface area contributed by atoms with E-state index in [1.807, 2.05) is 30.3 Å². The van der Waals surface area contributed by atoms with E-state index in [0.29, 0.717) is 26.0 Å². The lowest BCUT2D eigenvalue weighted by Gasteiger charge is -2.30. The van der Waals surface area contributed by atoms with Gasteiger partial charge in [0.25, 0.3) is 0 Å². The van der Waals surface area contributed by atoms with Gasteiger partial charge in [0.05, 0.1) is 6.61 Å². The van der Waals surface area contributed by atoms with Gasteiger partial charge in [-0.05, 0) is 12.0 Å². The summed E-state index contributed by atoms with van der Waals surface area (Å²) >= 11 is 0. The van der Waals surface area contributed by atoms with Crippen LogP contribution >= 0.6 is 0 Å². The second-order valence-corrected chi connectivity index (χ2v) is 5.06. The SMILES string of the molecule is CN1CC(NC(=O)COCc2ccccc2)CCC1=O. The van der Waals surface area contributed by atoms with E-state index in [-0.39, 0.29) is 24.5 Å². The van der Waals surface area contributed by atoms with Crippen LogP contribution < -0.4 is 5.32 Å². The van der Waals surface area contributed by atoms with Crippen LogP contribution in [0.2, 0.25) is 0 Å². The number of piperidine rings is 1. The van der Waals surface area contributed by atoms with Gasteiger partial charge in [-0.2, -0.15) is 0 Å². The Hall–Kier alpha value is -1.88. The predicted molar refractivity (Wildman–Crippen MR) is 74.9 cm³/mol. The molecule has 0 radical (unpaired) electrons. The van der Waals surface area contributed by atoms with E-state index in [4.69, 9.17) is 4.74 Å². The van der Waals surface area contributed by atoms with E-state index >= 15 is 0 Å². The van der Waals surface area contributed by atoms with E-state index < -0.39 is 0 Å². The van der Waals surface area contributed by atoms with E-state index in [9.17, 15) is 9.59 Å². The number of nitrogens with one attached hydrogen (secondary N) is 1. The van der Waals surface area contributed by atoms with Gasteiger partial charge >= 0.3 is 0 Å². The molecule has 108 valence electrons. The first-order valence-corrected chi connectivity index (χ1v) is 6.80. The Morgan fingerprint density at radius 2 is 2.15 bits per heavy atom. The lowest BCUT2D eigenvalue weighted by atomic mass is 10.1. The Bertz CT molecular complexity index is 461. The lowest BCUT2D eigenvalue weighted by Crippen LogP contribution is -2.49. The van der Waals surface area contributed by atoms with Crippen LogP contribution in [-0.2, 0) is 20.9 Å². The number of carbonyl (C=O) groups is 2. The fourth-order valence-corrected chi connectivity index (χ4v) is 2.24. The topological polar surface area (TPSA) is 58.6 Å². The molecular weight excluding hydrogens is 256 g/mol. The van der Waals surface area contributed by atoms with Crippen molar-refractivity contribution in [2.45, 2.75) is 25.5 Å². The maximum absolute atomic E-state index is 11.8. The quantitative estimate of drug-likeness (QED) is 0.870. The molecule has 0 saturated carbocycles. The van der Waals surface area contributed by atoms with Crippen molar-refractivity contribution in [2.24, 2.45) is 0 Å². The van der Waals surface area contributed by atoms with Crippen molar-refractivity contribution < 1.29 is 14.3 Å². The number of carbonyl (C=O) groups excluding carboxylic acids is 2. The molecule has 5 heteroatoms. The molecule has 20 heavy (non-hydrogen) atoms. The van der Waals surface area contributed by atoms with Crippen molar-refractivity contribution in [1.29, 1.82) is 0 Å². The molecule has 0 aromatic heterocycles. The van der Waals surface area contributed by atoms with Crippen molar-refractivity contribution in [1.82, 2.24) is 10.2 Å². The van der Waals surface area contributed by atoms with Crippen LogP contribution in [0.4, 0.5) is 0 Å². The highest BCUT2D eigenvalue weighted by Crippen LogP contribution is 2.09. The molecule has 1 aromatic rings. The molecule has 1 atom stereocenters. The van der Waals surface area contributed by atoms with Crippen molar-refractivity contribution in [3.63, 3.8) is 0 Å². The van der Waals surface area contributed by atoms with Gasteiger partial charge in [0, 0.05) is 26.1 Å². The smallest absolute Gasteiger partial charge is 0.246 e. The summed E-state index contributed by atoms with van der Waals surface area (Å²) in [4.78, 5) is 24.7. The Morgan fingerprint density at radius 3 is 2.85 bits per heavy atom. The largest absolute Gasteiger partial charge is 0.367 e. The molecule has 0 spiro atoms. The second-order valence-electron chi connectivity index (χ2n) is 5.06. The normalized spacial score (nSPS) is 18.9. The summed E-state index contributed by atoms with van der Waals surface area (Å²) in [5, 5.41) is 2.90. The first-order valence-electron chi connectivity index (χ1n) is 6.80. The molecule has 1 aromatic carbocycles. The van der Waals surface area contributed by atoms with Crippen molar-refractivity contribution >= 4 is 11.8 Å². The van der Waals surface area contributed by atoms with Gasteiger partial charge in [0.15, 0.2) is 0 Å². The molecule has 1 aliphatic heterocycles. The van der Waals surface area contributed by atoms with Crippen LogP contribution in [0, 0.1) is 0 Å². The molecule has 5 nitrogen and oxygen atoms in total. The predicted octanol–water partition coefficient (Wildman–Crippen LogP) is 0.940. The van der Waals surface area contributed by atoms with Crippen molar-refractivity contribution in [3.05, 3.63) is 35.9 Å². The van der Waals surface area contributed by atoms with E-state index in [1.165, 1.54) is 0 Å². The minimum atomic E-state index is -0.131. The Balaban J connectivity index is 1.67. The average molecular weight is 276 g/mol. The molecule has 1 fully saturated rings. The third-order valence-electron chi connectivity index (χ3n) is 3.34. The number of amides is 2. The Kier molecular flexibility index (Phi) is 5.12. The highest BCUT2D eigenvalue weighted by molar-refractivity contribution is 5.79. The third-order valence-corrected chi connectivity index (χ3v) is 3.34. The standard InChI is InChI=1S/C15H20N2O3/c1-17-9-13(7-8-15(17)19)16-14(18)11-20-10-12-5-3-2-4-6-12/h2-6,13H,7-11H2,1H3,(H,16,18). The lowest BCUT2D eigenvalue weighted by molar-refractivity contribution is -0.134. The molecule has 1 heterocycles. The number of benzene rings is 1. The van der Waals surface area contributed by atoms with Crippen LogP contribution in [0.5, 0.6) is 0 Å². The summed E-state index contributed by atoms with van der Waals surface area (Å²) in [5.41, 5.74) is 1.04. The zero-order valence-electron chi connectivity index (χ0n) is 11.7.